The smallest absolute Gasteiger partial charge is 0.271 e. The van der Waals surface area contributed by atoms with Crippen molar-refractivity contribution in [3.63, 3.8) is 0 Å². The highest BCUT2D eigenvalue weighted by Crippen LogP contribution is 2.25. The molecule has 28 heavy (non-hydrogen) atoms. The van der Waals surface area contributed by atoms with Gasteiger partial charge in [-0.15, -0.1) is 12.4 Å². The average molecular weight is 425 g/mol. The fourth-order valence-electron chi connectivity index (χ4n) is 3.31. The monoisotopic (exact) mass is 424 g/mol. The first-order chi connectivity index (χ1) is 13.0. The van der Waals surface area contributed by atoms with Gasteiger partial charge in [0.2, 0.25) is 0 Å². The van der Waals surface area contributed by atoms with Crippen molar-refractivity contribution in [3.05, 3.63) is 69.0 Å². The zero-order chi connectivity index (χ0) is 19.2. The number of aromatic nitrogens is 1. The highest BCUT2D eigenvalue weighted by Gasteiger charge is 2.27. The first-order valence-electron chi connectivity index (χ1n) is 8.91. The molecule has 2 heterocycles. The van der Waals surface area contributed by atoms with E-state index in [4.69, 9.17) is 11.6 Å². The van der Waals surface area contributed by atoms with Gasteiger partial charge in [-0.3, -0.25) is 19.9 Å². The number of nitro benzene ring substituents is 1. The van der Waals surface area contributed by atoms with Crippen LogP contribution in [0.25, 0.3) is 0 Å². The van der Waals surface area contributed by atoms with Crippen LogP contribution in [0.3, 0.4) is 0 Å². The van der Waals surface area contributed by atoms with Crippen molar-refractivity contribution in [1.29, 1.82) is 0 Å². The number of nitrogens with zero attached hydrogens (tertiary/aromatic N) is 3. The summed E-state index contributed by atoms with van der Waals surface area (Å²) in [4.78, 5) is 30.0. The lowest BCUT2D eigenvalue weighted by molar-refractivity contribution is -0.384. The predicted molar refractivity (Wildman–Crippen MR) is 110 cm³/mol. The Morgan fingerprint density at radius 1 is 1.29 bits per heavy atom. The third-order valence-electron chi connectivity index (χ3n) is 4.65. The van der Waals surface area contributed by atoms with E-state index >= 15 is 0 Å². The minimum atomic E-state index is -0.540. The van der Waals surface area contributed by atoms with E-state index in [1.807, 2.05) is 18.2 Å². The number of nitro groups is 1. The van der Waals surface area contributed by atoms with Gasteiger partial charge in [-0.1, -0.05) is 17.7 Å². The van der Waals surface area contributed by atoms with Gasteiger partial charge >= 0.3 is 0 Å². The number of carbonyl (C=O) groups is 1. The Balaban J connectivity index is 0.00000280. The Morgan fingerprint density at radius 3 is 2.82 bits per heavy atom. The lowest BCUT2D eigenvalue weighted by Crippen LogP contribution is -2.40. The Morgan fingerprint density at radius 2 is 2.11 bits per heavy atom. The second-order valence-electron chi connectivity index (χ2n) is 6.54. The maximum atomic E-state index is 13.3. The van der Waals surface area contributed by atoms with Crippen LogP contribution < -0.4 is 5.32 Å². The van der Waals surface area contributed by atoms with Gasteiger partial charge in [0.05, 0.1) is 17.2 Å². The van der Waals surface area contributed by atoms with Crippen LogP contribution in [0, 0.1) is 10.1 Å². The minimum absolute atomic E-state index is 0. The van der Waals surface area contributed by atoms with Crippen molar-refractivity contribution < 1.29 is 9.72 Å². The van der Waals surface area contributed by atoms with E-state index < -0.39 is 4.92 Å². The van der Waals surface area contributed by atoms with Crippen LogP contribution in [0.4, 0.5) is 5.69 Å². The molecule has 1 aliphatic rings. The van der Waals surface area contributed by atoms with Crippen LogP contribution in [0.1, 0.15) is 35.3 Å². The number of nitrogens with one attached hydrogen (secondary N) is 1. The molecule has 3 rings (SSSR count). The molecule has 0 spiro atoms. The average Bonchev–Trinajstić information content (AvgIpc) is 2.95. The van der Waals surface area contributed by atoms with Crippen molar-refractivity contribution in [3.8, 4) is 0 Å². The number of hydrogen-bond donors (Lipinski definition) is 1. The molecule has 7 nitrogen and oxygen atoms in total. The summed E-state index contributed by atoms with van der Waals surface area (Å²) < 4.78 is 0. The molecule has 1 N–H and O–H groups in total. The Bertz CT molecular complexity index is 812. The van der Waals surface area contributed by atoms with Gasteiger partial charge in [-0.2, -0.15) is 0 Å². The first-order valence-corrected chi connectivity index (χ1v) is 9.29. The van der Waals surface area contributed by atoms with E-state index in [-0.39, 0.29) is 40.6 Å². The summed E-state index contributed by atoms with van der Waals surface area (Å²) in [6.07, 6.45) is 4.35. The summed E-state index contributed by atoms with van der Waals surface area (Å²) >= 11 is 6.02. The standard InChI is InChI=1S/C19H21ClN4O3.ClH/c20-15-10-14(11-18(12-15)24(26)27)19(25)23(13-16-4-1-2-8-22-16)17-5-3-7-21-9-6-17;/h1-2,4,8,10-12,17,21H,3,5-7,9,13H2;1H. The number of carbonyl (C=O) groups excluding carboxylic acids is 1. The summed E-state index contributed by atoms with van der Waals surface area (Å²) in [5.74, 6) is -0.266. The van der Waals surface area contributed by atoms with Gasteiger partial charge in [-0.25, -0.2) is 0 Å². The lowest BCUT2D eigenvalue weighted by Gasteiger charge is -2.31. The molecule has 1 aromatic heterocycles. The maximum absolute atomic E-state index is 13.3. The molecular weight excluding hydrogens is 403 g/mol. The molecule has 1 saturated heterocycles. The summed E-state index contributed by atoms with van der Waals surface area (Å²) in [6, 6.07) is 9.63. The summed E-state index contributed by atoms with van der Waals surface area (Å²) in [7, 11) is 0. The van der Waals surface area contributed by atoms with Crippen molar-refractivity contribution in [2.24, 2.45) is 0 Å². The van der Waals surface area contributed by atoms with E-state index in [1.54, 1.807) is 11.1 Å². The molecule has 1 fully saturated rings. The quantitative estimate of drug-likeness (QED) is 0.581. The molecule has 1 unspecified atom stereocenters. The van der Waals surface area contributed by atoms with Crippen LogP contribution in [0.2, 0.25) is 5.02 Å². The van der Waals surface area contributed by atoms with E-state index in [0.717, 1.165) is 38.0 Å². The van der Waals surface area contributed by atoms with Crippen LogP contribution in [-0.2, 0) is 6.54 Å². The molecule has 1 aliphatic heterocycles. The number of halogens is 2. The Labute approximate surface area is 174 Å². The molecule has 0 saturated carbocycles. The second-order valence-corrected chi connectivity index (χ2v) is 6.98. The molecule has 0 radical (unpaired) electrons. The third-order valence-corrected chi connectivity index (χ3v) is 4.86. The SMILES string of the molecule is Cl.O=C(c1cc(Cl)cc([N+](=O)[O-])c1)N(Cc1ccccn1)C1CCCNCC1. The number of hydrogen-bond acceptors (Lipinski definition) is 5. The zero-order valence-corrected chi connectivity index (χ0v) is 16.8. The number of benzene rings is 1. The lowest BCUT2D eigenvalue weighted by atomic mass is 10.0. The van der Waals surface area contributed by atoms with Gasteiger partial charge in [0, 0.05) is 35.0 Å². The molecule has 150 valence electrons. The number of pyridine rings is 1. The summed E-state index contributed by atoms with van der Waals surface area (Å²) in [6.45, 7) is 2.10. The molecule has 1 atom stereocenters. The first kappa shape index (κ1) is 22.1. The highest BCUT2D eigenvalue weighted by atomic mass is 35.5. The topological polar surface area (TPSA) is 88.4 Å². The van der Waals surface area contributed by atoms with Gasteiger partial charge in [-0.05, 0) is 50.6 Å². The Hall–Kier alpha value is -2.22. The molecule has 2 aromatic rings. The van der Waals surface area contributed by atoms with E-state index in [2.05, 4.69) is 10.3 Å². The molecular formula is C19H22Cl2N4O3. The molecule has 1 amide bonds. The van der Waals surface area contributed by atoms with Crippen molar-refractivity contribution in [2.75, 3.05) is 13.1 Å². The molecule has 9 heteroatoms. The Kier molecular flexibility index (Phi) is 8.17. The fourth-order valence-corrected chi connectivity index (χ4v) is 3.54. The van der Waals surface area contributed by atoms with Crippen LogP contribution in [-0.4, -0.2) is 39.8 Å². The van der Waals surface area contributed by atoms with Gasteiger partial charge in [0.15, 0.2) is 0 Å². The summed E-state index contributed by atoms with van der Waals surface area (Å²) in [5, 5.41) is 14.7. The van der Waals surface area contributed by atoms with E-state index in [1.165, 1.54) is 18.2 Å². The summed E-state index contributed by atoms with van der Waals surface area (Å²) in [5.41, 5.74) is 0.813. The second kappa shape index (κ2) is 10.4. The maximum Gasteiger partial charge on any atom is 0.271 e. The third kappa shape index (κ3) is 5.64. The predicted octanol–water partition coefficient (Wildman–Crippen LogP) is 3.85. The zero-order valence-electron chi connectivity index (χ0n) is 15.2. The molecule has 0 bridgehead atoms. The van der Waals surface area contributed by atoms with Crippen LogP contribution in [0.15, 0.2) is 42.6 Å². The number of non-ortho nitro benzene ring substituents is 1. The number of amides is 1. The normalized spacial score (nSPS) is 16.5. The number of rotatable bonds is 5. The largest absolute Gasteiger partial charge is 0.330 e. The molecule has 0 aliphatic carbocycles. The van der Waals surface area contributed by atoms with Gasteiger partial charge < -0.3 is 10.2 Å². The highest BCUT2D eigenvalue weighted by molar-refractivity contribution is 6.31. The van der Waals surface area contributed by atoms with E-state index in [0.29, 0.717) is 6.54 Å². The fraction of sp³-hybridized carbons (Fsp3) is 0.368. The van der Waals surface area contributed by atoms with Crippen LogP contribution in [0.5, 0.6) is 0 Å². The van der Waals surface area contributed by atoms with Gasteiger partial charge in [0.25, 0.3) is 11.6 Å². The van der Waals surface area contributed by atoms with E-state index in [9.17, 15) is 14.9 Å². The van der Waals surface area contributed by atoms with Gasteiger partial charge in [0.1, 0.15) is 0 Å². The van der Waals surface area contributed by atoms with Crippen molar-refractivity contribution in [2.45, 2.75) is 31.8 Å². The van der Waals surface area contributed by atoms with Crippen LogP contribution >= 0.6 is 24.0 Å². The van der Waals surface area contributed by atoms with Crippen molar-refractivity contribution >= 4 is 35.6 Å². The molecule has 1 aromatic carbocycles. The van der Waals surface area contributed by atoms with Crippen molar-refractivity contribution in [1.82, 2.24) is 15.2 Å². The minimum Gasteiger partial charge on any atom is -0.330 e.